The molecule has 2 rings (SSSR count). The predicted octanol–water partition coefficient (Wildman–Crippen LogP) is 3.99. The first-order chi connectivity index (χ1) is 15.2. The highest BCUT2D eigenvalue weighted by Crippen LogP contribution is 2.11. The second kappa shape index (κ2) is 12.9. The van der Waals surface area contributed by atoms with Gasteiger partial charge in [-0.3, -0.25) is 4.79 Å². The molecule has 1 fully saturated rings. The number of carbonyl (C=O) groups is 3. The monoisotopic (exact) mass is 447 g/mol. The summed E-state index contributed by atoms with van der Waals surface area (Å²) in [6, 6.07) is 8.95. The summed E-state index contributed by atoms with van der Waals surface area (Å²) in [5.41, 5.74) is 0.317. The van der Waals surface area contributed by atoms with Crippen LogP contribution >= 0.6 is 0 Å². The normalized spacial score (nSPS) is 18.9. The number of alkyl carbamates (subject to hydrolysis) is 1. The molecule has 1 aromatic rings. The summed E-state index contributed by atoms with van der Waals surface area (Å²) in [6.07, 6.45) is 3.46. The van der Waals surface area contributed by atoms with E-state index in [1.807, 2.05) is 30.3 Å². The molecule has 2 N–H and O–H groups in total. The molecule has 1 saturated heterocycles. The maximum absolute atomic E-state index is 12.6. The van der Waals surface area contributed by atoms with E-state index in [1.165, 1.54) is 0 Å². The van der Waals surface area contributed by atoms with Gasteiger partial charge in [-0.15, -0.1) is 0 Å². The number of hydrogen-bond acceptors (Lipinski definition) is 5. The van der Waals surface area contributed by atoms with Crippen molar-refractivity contribution in [1.29, 1.82) is 0 Å². The summed E-state index contributed by atoms with van der Waals surface area (Å²) >= 11 is 0. The quantitative estimate of drug-likeness (QED) is 0.730. The lowest BCUT2D eigenvalue weighted by Crippen LogP contribution is -2.48. The van der Waals surface area contributed by atoms with E-state index in [4.69, 9.17) is 9.47 Å². The maximum atomic E-state index is 12.6. The molecule has 32 heavy (non-hydrogen) atoms. The zero-order valence-corrected chi connectivity index (χ0v) is 19.5. The molecule has 0 spiro atoms. The molecule has 1 aromatic carbocycles. The Morgan fingerprint density at radius 2 is 1.75 bits per heavy atom. The Kier molecular flexibility index (Phi) is 10.3. The van der Waals surface area contributed by atoms with Crippen molar-refractivity contribution in [2.24, 2.45) is 0 Å². The molecular weight excluding hydrogens is 410 g/mol. The van der Waals surface area contributed by atoms with Crippen molar-refractivity contribution >= 4 is 18.1 Å². The van der Waals surface area contributed by atoms with E-state index in [-0.39, 0.29) is 18.6 Å². The Morgan fingerprint density at radius 1 is 1.06 bits per heavy atom. The summed E-state index contributed by atoms with van der Waals surface area (Å²) in [6.45, 7) is 7.30. The average molecular weight is 448 g/mol. The van der Waals surface area contributed by atoms with Gasteiger partial charge in [0, 0.05) is 19.6 Å². The Hall–Kier alpha value is -2.77. The zero-order chi connectivity index (χ0) is 23.4. The summed E-state index contributed by atoms with van der Waals surface area (Å²) in [7, 11) is 0. The third kappa shape index (κ3) is 10.0. The van der Waals surface area contributed by atoms with Gasteiger partial charge in [-0.2, -0.15) is 0 Å². The summed E-state index contributed by atoms with van der Waals surface area (Å²) in [5, 5.41) is 5.58. The van der Waals surface area contributed by atoms with Gasteiger partial charge >= 0.3 is 12.2 Å². The van der Waals surface area contributed by atoms with Crippen LogP contribution < -0.4 is 10.6 Å². The van der Waals surface area contributed by atoms with E-state index < -0.39 is 17.7 Å². The number of benzene rings is 1. The zero-order valence-electron chi connectivity index (χ0n) is 19.5. The van der Waals surface area contributed by atoms with Gasteiger partial charge in [-0.25, -0.2) is 9.59 Å². The van der Waals surface area contributed by atoms with E-state index in [1.54, 1.807) is 25.7 Å². The van der Waals surface area contributed by atoms with Gasteiger partial charge in [0.25, 0.3) is 0 Å². The van der Waals surface area contributed by atoms with Crippen LogP contribution in [-0.2, 0) is 20.9 Å². The van der Waals surface area contributed by atoms with Crippen molar-refractivity contribution in [3.8, 4) is 0 Å². The van der Waals surface area contributed by atoms with Crippen LogP contribution in [0.15, 0.2) is 30.3 Å². The molecule has 1 aliphatic heterocycles. The molecule has 0 aromatic heterocycles. The van der Waals surface area contributed by atoms with Gasteiger partial charge in [0.15, 0.2) is 0 Å². The highest BCUT2D eigenvalue weighted by Gasteiger charge is 2.24. The SMILES string of the molecule is CC(C)(C)OC(=O)NC1CCCCN(C(=O)OCc2ccccc2)CCCCCNC1=O. The van der Waals surface area contributed by atoms with Crippen molar-refractivity contribution in [1.82, 2.24) is 15.5 Å². The molecule has 1 unspecified atom stereocenters. The topological polar surface area (TPSA) is 97.0 Å². The molecule has 1 atom stereocenters. The molecule has 8 heteroatoms. The average Bonchev–Trinajstić information content (AvgIpc) is 2.75. The van der Waals surface area contributed by atoms with E-state index in [2.05, 4.69) is 10.6 Å². The Bertz CT molecular complexity index is 733. The van der Waals surface area contributed by atoms with Crippen LogP contribution in [0, 0.1) is 0 Å². The van der Waals surface area contributed by atoms with Crippen LogP contribution in [0.2, 0.25) is 0 Å². The maximum Gasteiger partial charge on any atom is 0.410 e. The van der Waals surface area contributed by atoms with Gasteiger partial charge in [-0.1, -0.05) is 30.3 Å². The molecule has 0 radical (unpaired) electrons. The first-order valence-electron chi connectivity index (χ1n) is 11.5. The molecule has 1 heterocycles. The van der Waals surface area contributed by atoms with Crippen molar-refractivity contribution in [3.05, 3.63) is 35.9 Å². The highest BCUT2D eigenvalue weighted by atomic mass is 16.6. The van der Waals surface area contributed by atoms with Crippen LogP contribution in [0.1, 0.15) is 64.9 Å². The highest BCUT2D eigenvalue weighted by molar-refractivity contribution is 5.85. The minimum atomic E-state index is -0.663. The first kappa shape index (κ1) is 25.5. The number of amides is 3. The molecule has 3 amide bonds. The van der Waals surface area contributed by atoms with Gasteiger partial charge in [-0.05, 0) is 64.9 Å². The van der Waals surface area contributed by atoms with Gasteiger partial charge in [0.05, 0.1) is 0 Å². The smallest absolute Gasteiger partial charge is 0.410 e. The number of nitrogens with zero attached hydrogens (tertiary/aromatic N) is 1. The minimum absolute atomic E-state index is 0.200. The third-order valence-electron chi connectivity index (χ3n) is 5.05. The first-order valence-corrected chi connectivity index (χ1v) is 11.5. The number of nitrogens with one attached hydrogen (secondary N) is 2. The largest absolute Gasteiger partial charge is 0.445 e. The molecule has 0 saturated carbocycles. The van der Waals surface area contributed by atoms with Crippen molar-refractivity contribution < 1.29 is 23.9 Å². The molecule has 178 valence electrons. The fourth-order valence-electron chi connectivity index (χ4n) is 3.41. The molecular formula is C24H37N3O5. The summed E-state index contributed by atoms with van der Waals surface area (Å²) in [5.74, 6) is -0.200. The van der Waals surface area contributed by atoms with Gasteiger partial charge < -0.3 is 25.0 Å². The predicted molar refractivity (Wildman–Crippen MR) is 122 cm³/mol. The molecule has 0 bridgehead atoms. The fourth-order valence-corrected chi connectivity index (χ4v) is 3.41. The Morgan fingerprint density at radius 3 is 2.44 bits per heavy atom. The van der Waals surface area contributed by atoms with Crippen LogP contribution in [-0.4, -0.2) is 54.3 Å². The van der Waals surface area contributed by atoms with E-state index in [9.17, 15) is 14.4 Å². The number of hydrogen-bond donors (Lipinski definition) is 2. The summed E-state index contributed by atoms with van der Waals surface area (Å²) in [4.78, 5) is 39.1. The van der Waals surface area contributed by atoms with E-state index in [0.29, 0.717) is 38.9 Å². The Labute approximate surface area is 191 Å². The number of rotatable bonds is 3. The minimum Gasteiger partial charge on any atom is -0.445 e. The summed E-state index contributed by atoms with van der Waals surface area (Å²) < 4.78 is 10.8. The lowest BCUT2D eigenvalue weighted by Gasteiger charge is -2.24. The van der Waals surface area contributed by atoms with Crippen LogP contribution in [0.5, 0.6) is 0 Å². The van der Waals surface area contributed by atoms with E-state index >= 15 is 0 Å². The number of ether oxygens (including phenoxy) is 2. The molecule has 1 aliphatic rings. The van der Waals surface area contributed by atoms with Crippen molar-refractivity contribution in [2.45, 2.75) is 77.5 Å². The lowest BCUT2D eigenvalue weighted by atomic mass is 10.1. The Balaban J connectivity index is 1.90. The second-order valence-corrected chi connectivity index (χ2v) is 9.07. The third-order valence-corrected chi connectivity index (χ3v) is 5.05. The van der Waals surface area contributed by atoms with Crippen molar-refractivity contribution in [3.63, 3.8) is 0 Å². The fraction of sp³-hybridized carbons (Fsp3) is 0.625. The van der Waals surface area contributed by atoms with Gasteiger partial charge in [0.1, 0.15) is 18.2 Å². The van der Waals surface area contributed by atoms with Crippen LogP contribution in [0.3, 0.4) is 0 Å². The van der Waals surface area contributed by atoms with Crippen molar-refractivity contribution in [2.75, 3.05) is 19.6 Å². The molecule has 8 nitrogen and oxygen atoms in total. The van der Waals surface area contributed by atoms with Crippen LogP contribution in [0.25, 0.3) is 0 Å². The lowest BCUT2D eigenvalue weighted by molar-refractivity contribution is -0.123. The second-order valence-electron chi connectivity index (χ2n) is 9.07. The standard InChI is InChI=1S/C24H37N3O5/c1-24(2,3)32-22(29)26-20-14-8-11-17-27(16-10-5-9-15-25-21(20)28)23(30)31-18-19-12-6-4-7-13-19/h4,6-7,12-13,20H,5,8-11,14-18H2,1-3H3,(H,25,28)(H,26,29). The number of carbonyl (C=O) groups excluding carboxylic acids is 3. The van der Waals surface area contributed by atoms with Crippen LogP contribution in [0.4, 0.5) is 9.59 Å². The van der Waals surface area contributed by atoms with E-state index in [0.717, 1.165) is 24.8 Å². The molecule has 0 aliphatic carbocycles. The van der Waals surface area contributed by atoms with Gasteiger partial charge in [0.2, 0.25) is 5.91 Å².